The summed E-state index contributed by atoms with van der Waals surface area (Å²) >= 11 is 0. The van der Waals surface area contributed by atoms with Gasteiger partial charge in [0.05, 0.1) is 48.5 Å². The van der Waals surface area contributed by atoms with Gasteiger partial charge in [0.25, 0.3) is 0 Å². The van der Waals surface area contributed by atoms with E-state index in [0.717, 1.165) is 0 Å². The van der Waals surface area contributed by atoms with Crippen molar-refractivity contribution >= 4 is 11.9 Å². The van der Waals surface area contributed by atoms with E-state index in [0.29, 0.717) is 6.42 Å². The summed E-state index contributed by atoms with van der Waals surface area (Å²) in [5, 5.41) is 48.2. The standard InChI is InChI=1S/C32H58N2O10/c1-12-14-41-31(8)16-17(3)33-28(38)21(7)26(37)32(9,40)23(13-2)43-29(39)20(6)24(35)19(5)27(31)44-30-25(36)22(34(10)11)15-18(4)42-30/h12,17-27,30,35-37,40H,1,13-16H2,2-11H3,(H,33,38)/t17-,18-,19+,20-,21-,22+,23-,24+,25-,26-,27-,30+,31-,32-/m1/s1. The third kappa shape index (κ3) is 8.79. The van der Waals surface area contributed by atoms with Crippen LogP contribution in [0.25, 0.3) is 0 Å². The minimum atomic E-state index is -1.96. The minimum Gasteiger partial charge on any atom is -0.459 e. The van der Waals surface area contributed by atoms with Crippen LogP contribution in [0.3, 0.4) is 0 Å². The number of carbonyl (C=O) groups excluding carboxylic acids is 2. The maximum absolute atomic E-state index is 13.4. The second kappa shape index (κ2) is 15.8. The molecule has 12 heteroatoms. The van der Waals surface area contributed by atoms with E-state index in [9.17, 15) is 30.0 Å². The van der Waals surface area contributed by atoms with E-state index in [1.54, 1.807) is 33.8 Å². The van der Waals surface area contributed by atoms with Crippen LogP contribution in [-0.4, -0.2) is 124 Å². The quantitative estimate of drug-likeness (QED) is 0.204. The summed E-state index contributed by atoms with van der Waals surface area (Å²) in [6.07, 6.45) is -4.85. The molecule has 0 aromatic rings. The van der Waals surface area contributed by atoms with Gasteiger partial charge in [-0.3, -0.25) is 9.59 Å². The van der Waals surface area contributed by atoms with Crippen molar-refractivity contribution in [1.82, 2.24) is 10.2 Å². The van der Waals surface area contributed by atoms with E-state index in [-0.39, 0.29) is 31.6 Å². The maximum Gasteiger partial charge on any atom is 0.311 e. The van der Waals surface area contributed by atoms with Crippen LogP contribution in [0, 0.1) is 17.8 Å². The Bertz CT molecular complexity index is 963. The second-order valence-corrected chi connectivity index (χ2v) is 13.6. The van der Waals surface area contributed by atoms with Crippen molar-refractivity contribution in [2.75, 3.05) is 20.7 Å². The topological polar surface area (TPSA) is 167 Å². The van der Waals surface area contributed by atoms with Crippen LogP contribution in [0.1, 0.15) is 74.7 Å². The smallest absolute Gasteiger partial charge is 0.311 e. The van der Waals surface area contributed by atoms with Crippen molar-refractivity contribution in [3.63, 3.8) is 0 Å². The summed E-state index contributed by atoms with van der Waals surface area (Å²) in [7, 11) is 3.74. The Hall–Kier alpha value is -1.64. The molecule has 2 rings (SSSR count). The molecule has 2 fully saturated rings. The molecule has 0 aromatic heterocycles. The van der Waals surface area contributed by atoms with E-state index >= 15 is 0 Å². The highest BCUT2D eigenvalue weighted by atomic mass is 16.7. The number of likely N-dealkylation sites (N-methyl/N-ethyl adjacent to an activating group) is 1. The average molecular weight is 631 g/mol. The number of ether oxygens (including phenoxy) is 4. The summed E-state index contributed by atoms with van der Waals surface area (Å²) in [4.78, 5) is 28.6. The number of amides is 1. The summed E-state index contributed by atoms with van der Waals surface area (Å²) in [6, 6.07) is -0.786. The van der Waals surface area contributed by atoms with Crippen LogP contribution < -0.4 is 5.32 Å². The first-order valence-electron chi connectivity index (χ1n) is 15.8. The molecule has 0 bridgehead atoms. The van der Waals surface area contributed by atoms with Crippen molar-refractivity contribution in [3.8, 4) is 0 Å². The molecule has 12 nitrogen and oxygen atoms in total. The van der Waals surface area contributed by atoms with Crippen molar-refractivity contribution in [2.24, 2.45) is 17.8 Å². The zero-order chi connectivity index (χ0) is 33.7. The van der Waals surface area contributed by atoms with Gasteiger partial charge in [0.1, 0.15) is 17.8 Å². The van der Waals surface area contributed by atoms with Gasteiger partial charge in [-0.25, -0.2) is 0 Å². The Balaban J connectivity index is 2.65. The largest absolute Gasteiger partial charge is 0.459 e. The molecule has 256 valence electrons. The van der Waals surface area contributed by atoms with Gasteiger partial charge in [-0.1, -0.05) is 26.8 Å². The lowest BCUT2D eigenvalue weighted by atomic mass is 9.78. The molecule has 0 aliphatic carbocycles. The van der Waals surface area contributed by atoms with Gasteiger partial charge >= 0.3 is 5.97 Å². The Morgan fingerprint density at radius 2 is 1.68 bits per heavy atom. The minimum absolute atomic E-state index is 0.110. The first-order chi connectivity index (χ1) is 20.3. The number of hydrogen-bond donors (Lipinski definition) is 5. The molecule has 0 saturated carbocycles. The van der Waals surface area contributed by atoms with Gasteiger partial charge in [0.15, 0.2) is 6.29 Å². The Morgan fingerprint density at radius 1 is 1.07 bits per heavy atom. The van der Waals surface area contributed by atoms with Crippen LogP contribution in [-0.2, 0) is 28.5 Å². The molecular formula is C32H58N2O10. The van der Waals surface area contributed by atoms with E-state index in [1.165, 1.54) is 20.8 Å². The first-order valence-corrected chi connectivity index (χ1v) is 15.8. The predicted molar refractivity (Wildman–Crippen MR) is 164 cm³/mol. The molecule has 2 heterocycles. The maximum atomic E-state index is 13.4. The Morgan fingerprint density at radius 3 is 2.23 bits per heavy atom. The molecule has 0 spiro atoms. The highest BCUT2D eigenvalue weighted by molar-refractivity contribution is 5.79. The summed E-state index contributed by atoms with van der Waals surface area (Å²) in [5.41, 5.74) is -3.16. The lowest BCUT2D eigenvalue weighted by Gasteiger charge is -2.48. The first kappa shape index (κ1) is 38.5. The number of aliphatic hydroxyl groups excluding tert-OH is 3. The molecule has 0 radical (unpaired) electrons. The normalized spacial score (nSPS) is 45.2. The van der Waals surface area contributed by atoms with Crippen LogP contribution in [0.5, 0.6) is 0 Å². The number of carbonyl (C=O) groups is 2. The van der Waals surface area contributed by atoms with Crippen molar-refractivity contribution in [2.45, 2.75) is 141 Å². The van der Waals surface area contributed by atoms with Gasteiger partial charge in [-0.05, 0) is 68.0 Å². The third-order valence-corrected chi connectivity index (χ3v) is 9.46. The number of hydrogen-bond acceptors (Lipinski definition) is 11. The molecule has 1 amide bonds. The fourth-order valence-corrected chi connectivity index (χ4v) is 6.64. The number of aliphatic hydroxyl groups is 4. The fraction of sp³-hybridized carbons (Fsp3) is 0.875. The number of nitrogens with one attached hydrogen (secondary N) is 1. The molecule has 2 aliphatic rings. The number of cyclic esters (lactones) is 1. The zero-order valence-electron chi connectivity index (χ0n) is 28.2. The Kier molecular flexibility index (Phi) is 13.8. The van der Waals surface area contributed by atoms with Crippen molar-refractivity contribution in [1.29, 1.82) is 0 Å². The molecule has 2 saturated heterocycles. The summed E-state index contributed by atoms with van der Waals surface area (Å²) < 4.78 is 24.7. The molecule has 0 unspecified atom stereocenters. The van der Waals surface area contributed by atoms with E-state index < -0.39 is 83.7 Å². The second-order valence-electron chi connectivity index (χ2n) is 13.6. The van der Waals surface area contributed by atoms with E-state index in [1.807, 2.05) is 25.9 Å². The zero-order valence-corrected chi connectivity index (χ0v) is 28.2. The monoisotopic (exact) mass is 630 g/mol. The number of nitrogens with zero attached hydrogens (tertiary/aromatic N) is 1. The third-order valence-electron chi connectivity index (χ3n) is 9.46. The highest BCUT2D eigenvalue weighted by Gasteiger charge is 2.51. The van der Waals surface area contributed by atoms with E-state index in [2.05, 4.69) is 11.9 Å². The number of rotatable bonds is 7. The fourth-order valence-electron chi connectivity index (χ4n) is 6.64. The van der Waals surface area contributed by atoms with Gasteiger partial charge in [0.2, 0.25) is 5.91 Å². The van der Waals surface area contributed by atoms with Gasteiger partial charge in [-0.2, -0.15) is 0 Å². The van der Waals surface area contributed by atoms with Crippen LogP contribution >= 0.6 is 0 Å². The van der Waals surface area contributed by atoms with Crippen LogP contribution in [0.4, 0.5) is 0 Å². The molecule has 14 atom stereocenters. The summed E-state index contributed by atoms with van der Waals surface area (Å²) in [5.74, 6) is -4.22. The number of esters is 1. The van der Waals surface area contributed by atoms with Crippen molar-refractivity contribution in [3.05, 3.63) is 12.7 Å². The van der Waals surface area contributed by atoms with Crippen LogP contribution in [0.15, 0.2) is 12.7 Å². The molecule has 5 N–H and O–H groups in total. The molecule has 0 aromatic carbocycles. The lowest BCUT2D eigenvalue weighted by molar-refractivity contribution is -0.302. The SMILES string of the molecule is C=CCO[C@]1(C)C[C@@H](C)NC(=O)[C@H](C)[C@@H](O)[C@](C)(O)[C@@H](CC)OC(=O)[C@H](C)[C@@H](O)[C@H](C)[C@H]1O[C@@H]1O[C@H](C)C[C@H](N(C)C)[C@H]1O. The average Bonchev–Trinajstić information content (AvgIpc) is 2.95. The van der Waals surface area contributed by atoms with Crippen LogP contribution in [0.2, 0.25) is 0 Å². The Labute approximate surface area is 263 Å². The lowest BCUT2D eigenvalue weighted by Crippen LogP contribution is -2.60. The van der Waals surface area contributed by atoms with Gasteiger partial charge < -0.3 is 49.6 Å². The summed E-state index contributed by atoms with van der Waals surface area (Å²) in [6.45, 7) is 17.1. The van der Waals surface area contributed by atoms with Gasteiger partial charge in [0, 0.05) is 18.0 Å². The molecule has 44 heavy (non-hydrogen) atoms. The van der Waals surface area contributed by atoms with Gasteiger partial charge in [-0.15, -0.1) is 6.58 Å². The molecular weight excluding hydrogens is 572 g/mol. The molecule has 2 aliphatic heterocycles. The van der Waals surface area contributed by atoms with E-state index in [4.69, 9.17) is 18.9 Å². The predicted octanol–water partition coefficient (Wildman–Crippen LogP) is 1.37. The van der Waals surface area contributed by atoms with Crippen molar-refractivity contribution < 1.29 is 49.0 Å². The highest BCUT2D eigenvalue weighted by Crippen LogP contribution is 2.37.